The molecule has 2 aliphatic heterocycles. The summed E-state index contributed by atoms with van der Waals surface area (Å²) < 4.78 is 0. The predicted molar refractivity (Wildman–Crippen MR) is 80.7 cm³/mol. The number of likely N-dealkylation sites (N-methyl/N-ethyl adjacent to an activating group) is 1. The number of hydrogen-bond donors (Lipinski definition) is 0. The Labute approximate surface area is 118 Å². The molecule has 2 saturated heterocycles. The van der Waals surface area contributed by atoms with Crippen LogP contribution in [0.4, 0.5) is 0 Å². The fourth-order valence-electron chi connectivity index (χ4n) is 3.00. The molecule has 0 N–H and O–H groups in total. The molecule has 0 aromatic rings. The van der Waals surface area contributed by atoms with E-state index < -0.39 is 0 Å². The number of piperazine rings is 1. The van der Waals surface area contributed by atoms with Crippen molar-refractivity contribution in [1.29, 1.82) is 0 Å². The Morgan fingerprint density at radius 1 is 1.26 bits per heavy atom. The molecule has 2 unspecified atom stereocenters. The Morgan fingerprint density at radius 2 is 1.95 bits per heavy atom. The van der Waals surface area contributed by atoms with Crippen molar-refractivity contribution in [3.63, 3.8) is 0 Å². The number of hydrogen-bond acceptors (Lipinski definition) is 4. The van der Waals surface area contributed by atoms with E-state index in [9.17, 15) is 4.79 Å². The molecule has 0 spiro atoms. The molecule has 2 fully saturated rings. The average molecular weight is 264 g/mol. The second-order valence-corrected chi connectivity index (χ2v) is 5.20. The largest absolute Gasteiger partial charge is 0.304 e. The zero-order chi connectivity index (χ0) is 14.1. The maximum absolute atomic E-state index is 10.3. The van der Waals surface area contributed by atoms with Gasteiger partial charge in [-0.2, -0.15) is 0 Å². The fourth-order valence-corrected chi connectivity index (χ4v) is 3.00. The highest BCUT2D eigenvalue weighted by Gasteiger charge is 2.31. The molecule has 2 rings (SSSR count). The second kappa shape index (κ2) is 9.30. The molecular weight excluding hydrogens is 237 g/mol. The summed E-state index contributed by atoms with van der Waals surface area (Å²) in [5.74, 6) is 0.522. The first-order valence-corrected chi connectivity index (χ1v) is 7.59. The van der Waals surface area contributed by atoms with E-state index in [0.29, 0.717) is 18.5 Å². The van der Waals surface area contributed by atoms with E-state index >= 15 is 0 Å². The highest BCUT2D eigenvalue weighted by atomic mass is 16.1. The third kappa shape index (κ3) is 5.10. The van der Waals surface area contributed by atoms with Gasteiger partial charge in [0.2, 0.25) is 6.08 Å². The van der Waals surface area contributed by atoms with Crippen LogP contribution >= 0.6 is 0 Å². The summed E-state index contributed by atoms with van der Waals surface area (Å²) in [6.07, 6.45) is 5.21. The summed E-state index contributed by atoms with van der Waals surface area (Å²) >= 11 is 0. The minimum absolute atomic E-state index is 0.522. The second-order valence-electron chi connectivity index (χ2n) is 5.20. The fraction of sp³-hybridized carbons (Fsp3) is 0.929. The Bertz CT molecular complexity index is 286. The Balaban J connectivity index is 0.000000861. The molecule has 2 atom stereocenters. The lowest BCUT2D eigenvalue weighted by molar-refractivity contribution is 0.0811. The molecule has 4 nitrogen and oxygen atoms in total. The molecule has 0 amide bonds. The molecule has 2 heterocycles. The first-order chi connectivity index (χ1) is 9.31. The minimum atomic E-state index is 0.522. The van der Waals surface area contributed by atoms with Gasteiger partial charge in [0.1, 0.15) is 7.28 Å². The van der Waals surface area contributed by atoms with Crippen molar-refractivity contribution < 1.29 is 4.79 Å². The molecule has 1 radical (unpaired) electrons. The van der Waals surface area contributed by atoms with Crippen LogP contribution in [-0.2, 0) is 4.79 Å². The lowest BCUT2D eigenvalue weighted by atomic mass is 9.58. The summed E-state index contributed by atoms with van der Waals surface area (Å²) in [6.45, 7) is 9.27. The third-order valence-corrected chi connectivity index (χ3v) is 4.08. The SMILES string of the molecule is CC.CN1CCN(C2CC[B]CC2CN=C=O)CC1. The first kappa shape index (κ1) is 16.4. The first-order valence-electron chi connectivity index (χ1n) is 7.59. The molecule has 0 aromatic heterocycles. The van der Waals surface area contributed by atoms with Gasteiger partial charge in [0.05, 0.1) is 6.54 Å². The van der Waals surface area contributed by atoms with Crippen molar-refractivity contribution >= 4 is 13.4 Å². The number of aliphatic imine (C=N–C) groups is 1. The third-order valence-electron chi connectivity index (χ3n) is 4.08. The summed E-state index contributed by atoms with van der Waals surface area (Å²) in [6, 6.07) is 0.616. The van der Waals surface area contributed by atoms with Crippen molar-refractivity contribution in [2.45, 2.75) is 39.0 Å². The summed E-state index contributed by atoms with van der Waals surface area (Å²) in [7, 11) is 4.53. The lowest BCUT2D eigenvalue weighted by Gasteiger charge is -2.43. The Kier molecular flexibility index (Phi) is 8.03. The van der Waals surface area contributed by atoms with Crippen LogP contribution in [-0.4, -0.2) is 69.0 Å². The van der Waals surface area contributed by atoms with Gasteiger partial charge in [-0.25, -0.2) is 9.79 Å². The standard InChI is InChI=1S/C12H21BN3O.C2H6/c1-15-4-6-16(7-5-15)12-2-3-13-8-11(12)9-14-10-17;1-2/h11-12H,2-9H2,1H3;1-2H3. The van der Waals surface area contributed by atoms with Crippen LogP contribution in [0.2, 0.25) is 12.6 Å². The van der Waals surface area contributed by atoms with E-state index in [-0.39, 0.29) is 0 Å². The molecule has 107 valence electrons. The monoisotopic (exact) mass is 264 g/mol. The van der Waals surface area contributed by atoms with E-state index in [1.807, 2.05) is 13.8 Å². The van der Waals surface area contributed by atoms with Crippen LogP contribution in [0.3, 0.4) is 0 Å². The van der Waals surface area contributed by atoms with E-state index in [1.54, 1.807) is 6.08 Å². The zero-order valence-corrected chi connectivity index (χ0v) is 12.6. The van der Waals surface area contributed by atoms with Crippen LogP contribution in [0.1, 0.15) is 20.3 Å². The van der Waals surface area contributed by atoms with Crippen molar-refractivity contribution in [3.8, 4) is 0 Å². The van der Waals surface area contributed by atoms with E-state index in [1.165, 1.54) is 12.7 Å². The van der Waals surface area contributed by atoms with Gasteiger partial charge in [-0.05, 0) is 19.4 Å². The molecular formula is C14H27BN3O. The van der Waals surface area contributed by atoms with Gasteiger partial charge in [-0.15, -0.1) is 0 Å². The predicted octanol–water partition coefficient (Wildman–Crippen LogP) is 1.53. The normalized spacial score (nSPS) is 28.6. The highest BCUT2D eigenvalue weighted by molar-refractivity contribution is 6.35. The maximum atomic E-state index is 10.3. The highest BCUT2D eigenvalue weighted by Crippen LogP contribution is 2.27. The van der Waals surface area contributed by atoms with Crippen molar-refractivity contribution in [1.82, 2.24) is 9.80 Å². The molecule has 0 aliphatic carbocycles. The van der Waals surface area contributed by atoms with Crippen molar-refractivity contribution in [3.05, 3.63) is 0 Å². The van der Waals surface area contributed by atoms with Gasteiger partial charge in [0.25, 0.3) is 0 Å². The Morgan fingerprint density at radius 3 is 2.58 bits per heavy atom. The maximum Gasteiger partial charge on any atom is 0.234 e. The van der Waals surface area contributed by atoms with Gasteiger partial charge < -0.3 is 4.90 Å². The quantitative estimate of drug-likeness (QED) is 0.440. The summed E-state index contributed by atoms with van der Waals surface area (Å²) in [4.78, 5) is 19.0. The van der Waals surface area contributed by atoms with E-state index in [2.05, 4.69) is 29.1 Å². The van der Waals surface area contributed by atoms with Gasteiger partial charge in [-0.1, -0.05) is 26.5 Å². The van der Waals surface area contributed by atoms with Crippen molar-refractivity contribution in [2.24, 2.45) is 10.9 Å². The Hall–Kier alpha value is -0.635. The molecule has 0 bridgehead atoms. The van der Waals surface area contributed by atoms with Gasteiger partial charge in [0, 0.05) is 32.2 Å². The summed E-state index contributed by atoms with van der Waals surface area (Å²) in [5, 5.41) is 0. The lowest BCUT2D eigenvalue weighted by Crippen LogP contribution is -2.52. The van der Waals surface area contributed by atoms with Gasteiger partial charge in [-0.3, -0.25) is 4.90 Å². The van der Waals surface area contributed by atoms with Gasteiger partial charge in [0.15, 0.2) is 0 Å². The molecule has 5 heteroatoms. The van der Waals surface area contributed by atoms with Crippen LogP contribution in [0.5, 0.6) is 0 Å². The number of carbonyl (C=O) groups excluding carboxylic acids is 1. The minimum Gasteiger partial charge on any atom is -0.304 e. The van der Waals surface area contributed by atoms with Crippen molar-refractivity contribution in [2.75, 3.05) is 39.8 Å². The number of rotatable bonds is 3. The van der Waals surface area contributed by atoms with E-state index in [4.69, 9.17) is 0 Å². The number of isocyanates is 1. The van der Waals surface area contributed by atoms with Crippen LogP contribution < -0.4 is 0 Å². The molecule has 0 aromatic carbocycles. The van der Waals surface area contributed by atoms with E-state index in [0.717, 1.165) is 32.5 Å². The molecule has 0 saturated carbocycles. The smallest absolute Gasteiger partial charge is 0.234 e. The molecule has 2 aliphatic rings. The van der Waals surface area contributed by atoms with Crippen LogP contribution in [0.15, 0.2) is 4.99 Å². The van der Waals surface area contributed by atoms with Crippen LogP contribution in [0, 0.1) is 5.92 Å². The van der Waals surface area contributed by atoms with Crippen LogP contribution in [0.25, 0.3) is 0 Å². The zero-order valence-electron chi connectivity index (χ0n) is 12.6. The summed E-state index contributed by atoms with van der Waals surface area (Å²) in [5.41, 5.74) is 0. The average Bonchev–Trinajstić information content (AvgIpc) is 2.48. The topological polar surface area (TPSA) is 35.9 Å². The van der Waals surface area contributed by atoms with Gasteiger partial charge >= 0.3 is 0 Å². The number of nitrogens with zero attached hydrogens (tertiary/aromatic N) is 3. The molecule has 19 heavy (non-hydrogen) atoms.